The standard InChI is InChI=1S/C27H28N2O2S.H2/c1-2-23(21-9-7-15-28-18-21)20-13-16-29(17-14-20)27-24-10-4-3-8-22(24)19-32(30,31)26-12-6-5-11-25(26)27;/h2-12,15,18,20,23,27H,1,13-14,16-17,19H2;1H. The van der Waals surface area contributed by atoms with Gasteiger partial charge in [0.05, 0.1) is 16.7 Å². The summed E-state index contributed by atoms with van der Waals surface area (Å²) in [5.41, 5.74) is 4.16. The van der Waals surface area contributed by atoms with E-state index >= 15 is 0 Å². The van der Waals surface area contributed by atoms with Gasteiger partial charge in [0.1, 0.15) is 0 Å². The van der Waals surface area contributed by atoms with Gasteiger partial charge in [0, 0.05) is 19.7 Å². The fourth-order valence-corrected chi connectivity index (χ4v) is 7.13. The molecule has 0 amide bonds. The third kappa shape index (κ3) is 3.80. The van der Waals surface area contributed by atoms with E-state index in [0.717, 1.165) is 42.6 Å². The largest absolute Gasteiger partial charge is 0.292 e. The first-order valence-electron chi connectivity index (χ1n) is 11.2. The predicted molar refractivity (Wildman–Crippen MR) is 129 cm³/mol. The van der Waals surface area contributed by atoms with Gasteiger partial charge in [0.2, 0.25) is 0 Å². The Morgan fingerprint density at radius 2 is 1.72 bits per heavy atom. The number of hydrogen-bond donors (Lipinski definition) is 0. The van der Waals surface area contributed by atoms with E-state index in [9.17, 15) is 8.42 Å². The quantitative estimate of drug-likeness (QED) is 0.505. The van der Waals surface area contributed by atoms with Crippen LogP contribution < -0.4 is 0 Å². The molecule has 4 nitrogen and oxygen atoms in total. The van der Waals surface area contributed by atoms with Gasteiger partial charge in [0.25, 0.3) is 0 Å². The molecule has 166 valence electrons. The highest BCUT2D eigenvalue weighted by Gasteiger charge is 2.36. The van der Waals surface area contributed by atoms with Crippen LogP contribution in [0.5, 0.6) is 0 Å². The van der Waals surface area contributed by atoms with Crippen molar-refractivity contribution in [3.05, 3.63) is 108 Å². The van der Waals surface area contributed by atoms with Crippen molar-refractivity contribution in [3.8, 4) is 0 Å². The Hall–Kier alpha value is -2.76. The summed E-state index contributed by atoms with van der Waals surface area (Å²) in [6.07, 6.45) is 7.89. The Bertz CT molecular complexity index is 1220. The molecule has 1 fully saturated rings. The first-order chi connectivity index (χ1) is 15.6. The number of rotatable bonds is 4. The SMILES string of the molecule is C=CC(c1cccnc1)C1CCN(C2c3ccccc3CS(=O)(=O)c3ccccc32)CC1.[HH]. The number of nitrogens with zero attached hydrogens (tertiary/aromatic N) is 2. The van der Waals surface area contributed by atoms with E-state index in [1.54, 1.807) is 12.3 Å². The van der Waals surface area contributed by atoms with Gasteiger partial charge in [-0.2, -0.15) is 0 Å². The topological polar surface area (TPSA) is 50.3 Å². The second kappa shape index (κ2) is 8.64. The molecule has 0 saturated carbocycles. The number of fused-ring (bicyclic) bond motifs is 2. The molecule has 1 aromatic heterocycles. The Labute approximate surface area is 192 Å². The van der Waals surface area contributed by atoms with E-state index in [1.807, 2.05) is 48.7 Å². The number of likely N-dealkylation sites (tertiary alicyclic amines) is 1. The molecule has 2 unspecified atom stereocenters. The summed E-state index contributed by atoms with van der Waals surface area (Å²) in [6, 6.07) is 19.7. The Morgan fingerprint density at radius 1 is 1.00 bits per heavy atom. The van der Waals surface area contributed by atoms with Crippen LogP contribution in [0.1, 0.15) is 48.5 Å². The highest BCUT2D eigenvalue weighted by atomic mass is 32.2. The van der Waals surface area contributed by atoms with Gasteiger partial charge < -0.3 is 0 Å². The van der Waals surface area contributed by atoms with Gasteiger partial charge in [-0.3, -0.25) is 9.88 Å². The number of hydrogen-bond acceptors (Lipinski definition) is 4. The predicted octanol–water partition coefficient (Wildman–Crippen LogP) is 5.39. The van der Waals surface area contributed by atoms with Crippen molar-refractivity contribution in [2.45, 2.75) is 35.4 Å². The lowest BCUT2D eigenvalue weighted by atomic mass is 9.79. The van der Waals surface area contributed by atoms with Crippen LogP contribution in [-0.4, -0.2) is 31.4 Å². The molecule has 0 radical (unpaired) electrons. The third-order valence-corrected chi connectivity index (χ3v) is 8.75. The molecule has 5 heteroatoms. The van der Waals surface area contributed by atoms with Crippen LogP contribution in [0, 0.1) is 5.92 Å². The Kier molecular flexibility index (Phi) is 5.70. The zero-order valence-electron chi connectivity index (χ0n) is 18.1. The Morgan fingerprint density at radius 3 is 2.44 bits per heavy atom. The molecule has 2 atom stereocenters. The second-order valence-electron chi connectivity index (χ2n) is 8.82. The number of pyridine rings is 1. The molecule has 0 bridgehead atoms. The van der Waals surface area contributed by atoms with E-state index in [4.69, 9.17) is 0 Å². The monoisotopic (exact) mass is 446 g/mol. The van der Waals surface area contributed by atoms with Crippen LogP contribution in [0.25, 0.3) is 0 Å². The zero-order chi connectivity index (χ0) is 22.1. The van der Waals surface area contributed by atoms with Crippen molar-refractivity contribution >= 4 is 9.84 Å². The first kappa shape index (κ1) is 21.1. The van der Waals surface area contributed by atoms with Crippen LogP contribution in [0.4, 0.5) is 0 Å². The van der Waals surface area contributed by atoms with E-state index in [-0.39, 0.29) is 13.2 Å². The smallest absolute Gasteiger partial charge is 0.182 e. The van der Waals surface area contributed by atoms with Gasteiger partial charge in [-0.15, -0.1) is 6.58 Å². The zero-order valence-corrected chi connectivity index (χ0v) is 18.9. The maximum absolute atomic E-state index is 13.2. The van der Waals surface area contributed by atoms with Crippen molar-refractivity contribution in [2.75, 3.05) is 13.1 Å². The molecule has 3 aromatic rings. The summed E-state index contributed by atoms with van der Waals surface area (Å²) in [5, 5.41) is 0. The number of aromatic nitrogens is 1. The van der Waals surface area contributed by atoms with Crippen LogP contribution in [0.3, 0.4) is 0 Å². The van der Waals surface area contributed by atoms with Crippen molar-refractivity contribution in [1.82, 2.24) is 9.88 Å². The second-order valence-corrected chi connectivity index (χ2v) is 10.8. The average molecular weight is 447 g/mol. The molecule has 1 saturated heterocycles. The fraction of sp³-hybridized carbons (Fsp3) is 0.296. The summed E-state index contributed by atoms with van der Waals surface area (Å²) in [7, 11) is -3.37. The molecule has 0 aliphatic carbocycles. The minimum absolute atomic E-state index is 0. The highest BCUT2D eigenvalue weighted by Crippen LogP contribution is 2.42. The van der Waals surface area contributed by atoms with Crippen LogP contribution in [0.2, 0.25) is 0 Å². The van der Waals surface area contributed by atoms with Crippen LogP contribution in [-0.2, 0) is 15.6 Å². The molecular formula is C27H30N2O2S. The highest BCUT2D eigenvalue weighted by molar-refractivity contribution is 7.90. The number of benzene rings is 2. The van der Waals surface area contributed by atoms with Gasteiger partial charge in [-0.05, 0) is 66.2 Å². The average Bonchev–Trinajstić information content (AvgIpc) is 2.92. The minimum Gasteiger partial charge on any atom is -0.292 e. The van der Waals surface area contributed by atoms with Crippen molar-refractivity contribution in [3.63, 3.8) is 0 Å². The molecule has 2 aromatic carbocycles. The van der Waals surface area contributed by atoms with Crippen molar-refractivity contribution < 1.29 is 9.84 Å². The van der Waals surface area contributed by atoms with Gasteiger partial charge >= 0.3 is 0 Å². The summed E-state index contributed by atoms with van der Waals surface area (Å²) < 4.78 is 26.4. The summed E-state index contributed by atoms with van der Waals surface area (Å²) in [4.78, 5) is 7.24. The van der Waals surface area contributed by atoms with E-state index in [2.05, 4.69) is 34.7 Å². The van der Waals surface area contributed by atoms with E-state index in [1.165, 1.54) is 5.56 Å². The molecule has 32 heavy (non-hydrogen) atoms. The summed E-state index contributed by atoms with van der Waals surface area (Å²) in [6.45, 7) is 5.94. The fourth-order valence-electron chi connectivity index (χ4n) is 5.48. The van der Waals surface area contributed by atoms with Crippen LogP contribution in [0.15, 0.2) is 90.6 Å². The maximum Gasteiger partial charge on any atom is 0.182 e. The first-order valence-corrected chi connectivity index (χ1v) is 12.9. The number of allylic oxidation sites excluding steroid dienone is 1. The van der Waals surface area contributed by atoms with Gasteiger partial charge in [-0.25, -0.2) is 8.42 Å². The molecule has 0 N–H and O–H groups in total. The van der Waals surface area contributed by atoms with Gasteiger partial charge in [-0.1, -0.05) is 54.6 Å². The van der Waals surface area contributed by atoms with E-state index < -0.39 is 9.84 Å². The van der Waals surface area contributed by atoms with E-state index in [0.29, 0.717) is 16.7 Å². The molecule has 5 rings (SSSR count). The van der Waals surface area contributed by atoms with Crippen LogP contribution >= 0.6 is 0 Å². The molecular weight excluding hydrogens is 416 g/mol. The molecule has 3 heterocycles. The lowest BCUT2D eigenvalue weighted by Crippen LogP contribution is -2.38. The number of sulfone groups is 1. The normalized spacial score (nSPS) is 21.7. The summed E-state index contributed by atoms with van der Waals surface area (Å²) in [5.74, 6) is 0.861. The minimum atomic E-state index is -3.37. The van der Waals surface area contributed by atoms with Crippen molar-refractivity contribution in [1.29, 1.82) is 0 Å². The molecule has 0 spiro atoms. The molecule has 2 aliphatic heterocycles. The lowest BCUT2D eigenvalue weighted by molar-refractivity contribution is 0.143. The summed E-state index contributed by atoms with van der Waals surface area (Å²) >= 11 is 0. The van der Waals surface area contributed by atoms with Gasteiger partial charge in [0.15, 0.2) is 9.84 Å². The maximum atomic E-state index is 13.2. The number of piperidine rings is 1. The van der Waals surface area contributed by atoms with Crippen molar-refractivity contribution in [2.24, 2.45) is 5.92 Å². The Balaban J connectivity index is 0.00000259. The third-order valence-electron chi connectivity index (χ3n) is 7.01. The lowest BCUT2D eigenvalue weighted by Gasteiger charge is -2.40. The molecule has 2 aliphatic rings.